The second-order valence-electron chi connectivity index (χ2n) is 10.8. The van der Waals surface area contributed by atoms with E-state index in [0.29, 0.717) is 17.1 Å². The molecule has 0 unspecified atom stereocenters. The van der Waals surface area contributed by atoms with Crippen molar-refractivity contribution in [1.29, 1.82) is 0 Å². The predicted octanol–water partition coefficient (Wildman–Crippen LogP) is 9.72. The van der Waals surface area contributed by atoms with Crippen LogP contribution in [0.1, 0.15) is 50.3 Å². The van der Waals surface area contributed by atoms with E-state index in [1.165, 1.54) is 21.7 Å². The third-order valence-corrected chi connectivity index (χ3v) is 7.18. The first-order valence-electron chi connectivity index (χ1n) is 12.8. The largest absolute Gasteiger partial charge is 0.455 e. The summed E-state index contributed by atoms with van der Waals surface area (Å²) in [7, 11) is 0. The lowest BCUT2D eigenvalue weighted by atomic mass is 9.94. The first-order chi connectivity index (χ1) is 17.3. The Morgan fingerprint density at radius 2 is 1.61 bits per heavy atom. The van der Waals surface area contributed by atoms with Gasteiger partial charge in [0.1, 0.15) is 17.0 Å². The van der Waals surface area contributed by atoms with Gasteiger partial charge in [-0.1, -0.05) is 58.0 Å². The molecule has 0 aliphatic carbocycles. The molecule has 0 atom stereocenters. The van der Waals surface area contributed by atoms with Crippen LogP contribution in [-0.4, -0.2) is 4.98 Å². The molecule has 0 saturated heterocycles. The second-order valence-corrected chi connectivity index (χ2v) is 10.8. The summed E-state index contributed by atoms with van der Waals surface area (Å²) in [5.41, 5.74) is 6.42. The highest BCUT2D eigenvalue weighted by Gasteiger charge is 2.19. The maximum atomic E-state index is 14.9. The van der Waals surface area contributed by atoms with E-state index in [1.54, 1.807) is 6.07 Å². The fourth-order valence-corrected chi connectivity index (χ4v) is 5.53. The van der Waals surface area contributed by atoms with E-state index >= 15 is 0 Å². The van der Waals surface area contributed by atoms with Crippen LogP contribution in [-0.2, 0) is 6.42 Å². The van der Waals surface area contributed by atoms with Crippen LogP contribution in [0.5, 0.6) is 0 Å². The van der Waals surface area contributed by atoms with Crippen LogP contribution in [0.3, 0.4) is 0 Å². The minimum Gasteiger partial charge on any atom is -0.455 e. The summed E-state index contributed by atoms with van der Waals surface area (Å²) >= 11 is 0. The smallest absolute Gasteiger partial charge is 0.144 e. The van der Waals surface area contributed by atoms with Gasteiger partial charge in [0.15, 0.2) is 0 Å². The maximum Gasteiger partial charge on any atom is 0.144 e. The van der Waals surface area contributed by atoms with Crippen molar-refractivity contribution in [3.63, 3.8) is 0 Å². The number of rotatable bonds is 4. The van der Waals surface area contributed by atoms with Gasteiger partial charge in [0.2, 0.25) is 0 Å². The highest BCUT2D eigenvalue weighted by Crippen LogP contribution is 2.40. The molecule has 0 aliphatic rings. The van der Waals surface area contributed by atoms with Crippen LogP contribution >= 0.6 is 0 Å². The molecule has 0 amide bonds. The summed E-state index contributed by atoms with van der Waals surface area (Å²) < 4.78 is 21.3. The van der Waals surface area contributed by atoms with Crippen molar-refractivity contribution in [2.24, 2.45) is 5.92 Å². The monoisotopic (exact) mass is 475 g/mol. The molecule has 2 aromatic heterocycles. The minimum atomic E-state index is -0.185. The molecule has 0 aliphatic heterocycles. The third-order valence-electron chi connectivity index (χ3n) is 7.18. The van der Waals surface area contributed by atoms with Crippen molar-refractivity contribution < 1.29 is 8.81 Å². The lowest BCUT2D eigenvalue weighted by Crippen LogP contribution is -1.94. The van der Waals surface area contributed by atoms with Crippen LogP contribution in [0.4, 0.5) is 4.39 Å². The third kappa shape index (κ3) is 3.65. The Hall–Kier alpha value is -3.72. The van der Waals surface area contributed by atoms with Crippen molar-refractivity contribution in [3.05, 3.63) is 89.4 Å². The van der Waals surface area contributed by atoms with Gasteiger partial charge in [-0.05, 0) is 88.4 Å². The molecule has 6 aromatic rings. The van der Waals surface area contributed by atoms with Crippen molar-refractivity contribution in [2.75, 3.05) is 0 Å². The highest BCUT2D eigenvalue weighted by atomic mass is 19.1. The second kappa shape index (κ2) is 8.44. The average molecular weight is 476 g/mol. The number of aromatic nitrogens is 1. The van der Waals surface area contributed by atoms with E-state index in [1.807, 2.05) is 26.1 Å². The topological polar surface area (TPSA) is 26.0 Å². The number of hydrogen-bond donors (Lipinski definition) is 0. The van der Waals surface area contributed by atoms with E-state index in [-0.39, 0.29) is 11.7 Å². The Kier molecular flexibility index (Phi) is 5.33. The molecule has 2 nitrogen and oxygen atoms in total. The van der Waals surface area contributed by atoms with Gasteiger partial charge in [0.05, 0.1) is 5.69 Å². The molecule has 36 heavy (non-hydrogen) atoms. The Bertz CT molecular complexity index is 1790. The number of furan rings is 1. The number of nitrogens with zero attached hydrogens (tertiary/aromatic N) is 1. The molecule has 0 bridgehead atoms. The molecule has 0 saturated carbocycles. The maximum absolute atomic E-state index is 14.9. The predicted molar refractivity (Wildman–Crippen MR) is 149 cm³/mol. The van der Waals surface area contributed by atoms with Gasteiger partial charge in [-0.3, -0.25) is 4.98 Å². The van der Waals surface area contributed by atoms with Gasteiger partial charge >= 0.3 is 0 Å². The highest BCUT2D eigenvalue weighted by molar-refractivity contribution is 6.15. The molecule has 0 spiro atoms. The zero-order chi connectivity index (χ0) is 25.1. The Morgan fingerprint density at radius 1 is 0.806 bits per heavy atom. The molecule has 6 rings (SSSR count). The Balaban J connectivity index is 1.61. The number of hydrogen-bond acceptors (Lipinski definition) is 2. The minimum absolute atomic E-state index is 0.0814. The van der Waals surface area contributed by atoms with Crippen LogP contribution in [0.15, 0.2) is 71.3 Å². The van der Waals surface area contributed by atoms with Crippen LogP contribution in [0.25, 0.3) is 54.7 Å². The van der Waals surface area contributed by atoms with Gasteiger partial charge < -0.3 is 4.42 Å². The van der Waals surface area contributed by atoms with E-state index < -0.39 is 0 Å². The normalized spacial score (nSPS) is 12.2. The van der Waals surface area contributed by atoms with Gasteiger partial charge in [-0.15, -0.1) is 0 Å². The van der Waals surface area contributed by atoms with E-state index in [4.69, 9.17) is 9.40 Å². The summed E-state index contributed by atoms with van der Waals surface area (Å²) in [5.74, 6) is 0.518. The van der Waals surface area contributed by atoms with Gasteiger partial charge in [0, 0.05) is 27.9 Å². The summed E-state index contributed by atoms with van der Waals surface area (Å²) in [5, 5.41) is 6.45. The summed E-state index contributed by atoms with van der Waals surface area (Å²) in [6.45, 7) is 10.6. The number of pyridine rings is 1. The van der Waals surface area contributed by atoms with E-state index in [9.17, 15) is 4.39 Å². The number of fused-ring (bicyclic) bond motifs is 6. The van der Waals surface area contributed by atoms with Crippen LogP contribution < -0.4 is 0 Å². The van der Waals surface area contributed by atoms with Crippen LogP contribution in [0.2, 0.25) is 0 Å². The quantitative estimate of drug-likeness (QED) is 0.237. The molecule has 2 heterocycles. The fourth-order valence-electron chi connectivity index (χ4n) is 5.53. The summed E-state index contributed by atoms with van der Waals surface area (Å²) in [6, 6.07) is 20.9. The number of aryl methyl sites for hydroxylation is 1. The van der Waals surface area contributed by atoms with Gasteiger partial charge in [-0.2, -0.15) is 0 Å². The molecule has 180 valence electrons. The van der Waals surface area contributed by atoms with Crippen molar-refractivity contribution >= 4 is 43.5 Å². The molecule has 4 aromatic carbocycles. The molecule has 0 N–H and O–H groups in total. The number of halogens is 1. The zero-order valence-electron chi connectivity index (χ0n) is 21.4. The Morgan fingerprint density at radius 3 is 2.39 bits per heavy atom. The van der Waals surface area contributed by atoms with Crippen LogP contribution in [0, 0.1) is 18.7 Å². The summed E-state index contributed by atoms with van der Waals surface area (Å²) in [6.07, 6.45) is 2.95. The molecular weight excluding hydrogens is 445 g/mol. The lowest BCUT2D eigenvalue weighted by molar-refractivity contribution is 0.597. The van der Waals surface area contributed by atoms with Gasteiger partial charge in [0.25, 0.3) is 0 Å². The standard InChI is InChI=1S/C33H30FNO/c1-18(2)12-21-6-8-23-22(15-21)7-9-25-24(23)10-11-35-32(25)29-14-20(5)13-28-27-16-30(34)26(19(3)4)17-31(27)36-33(28)29/h6-11,13-19H,12H2,1-5H3. The number of benzene rings is 4. The summed E-state index contributed by atoms with van der Waals surface area (Å²) in [4.78, 5) is 4.83. The van der Waals surface area contributed by atoms with Gasteiger partial charge in [-0.25, -0.2) is 4.39 Å². The molecule has 0 radical (unpaired) electrons. The van der Waals surface area contributed by atoms with E-state index in [2.05, 4.69) is 69.3 Å². The first-order valence-corrected chi connectivity index (χ1v) is 12.8. The Labute approximate surface area is 210 Å². The first kappa shape index (κ1) is 22.7. The molecule has 0 fully saturated rings. The lowest BCUT2D eigenvalue weighted by Gasteiger charge is -2.11. The van der Waals surface area contributed by atoms with Crippen molar-refractivity contribution in [1.82, 2.24) is 4.98 Å². The average Bonchev–Trinajstić information content (AvgIpc) is 3.19. The molecular formula is C33H30FNO. The SMILES string of the molecule is Cc1cc(-c2nccc3c2ccc2cc(CC(C)C)ccc23)c2oc3cc(C(C)C)c(F)cc3c2c1. The van der Waals surface area contributed by atoms with E-state index in [0.717, 1.165) is 45.0 Å². The van der Waals surface area contributed by atoms with Crippen molar-refractivity contribution in [3.8, 4) is 11.3 Å². The zero-order valence-corrected chi connectivity index (χ0v) is 21.4. The fraction of sp³-hybridized carbons (Fsp3) is 0.242. The molecule has 3 heteroatoms. The van der Waals surface area contributed by atoms with Crippen molar-refractivity contribution in [2.45, 2.75) is 47.0 Å².